The zero-order chi connectivity index (χ0) is 13.1. The van der Waals surface area contributed by atoms with Gasteiger partial charge in [-0.05, 0) is 43.3 Å². The van der Waals surface area contributed by atoms with Crippen LogP contribution in [0.5, 0.6) is 0 Å². The van der Waals surface area contributed by atoms with Crippen LogP contribution in [0.3, 0.4) is 0 Å². The monoisotopic (exact) mass is 307 g/mol. The largest absolute Gasteiger partial charge is 0.309 e. The van der Waals surface area contributed by atoms with Crippen LogP contribution in [0.2, 0.25) is 0 Å². The molecule has 0 aliphatic heterocycles. The van der Waals surface area contributed by atoms with Gasteiger partial charge in [-0.15, -0.1) is 0 Å². The second-order valence-electron chi connectivity index (χ2n) is 4.31. The summed E-state index contributed by atoms with van der Waals surface area (Å²) in [6.07, 6.45) is 0. The maximum absolute atomic E-state index is 13.9. The standard InChI is InChI=1S/C15H15BrFN/c1-10-7-11(9-12(16)8-10)15(18-2)13-5-3-4-6-14(13)17/h3-9,15,18H,1-2H3. The summed E-state index contributed by atoms with van der Waals surface area (Å²) in [6, 6.07) is 12.8. The minimum absolute atomic E-state index is 0.137. The number of benzene rings is 2. The van der Waals surface area contributed by atoms with E-state index >= 15 is 0 Å². The molecule has 18 heavy (non-hydrogen) atoms. The molecule has 2 rings (SSSR count). The van der Waals surface area contributed by atoms with Crippen molar-refractivity contribution in [3.8, 4) is 0 Å². The first kappa shape index (κ1) is 13.2. The van der Waals surface area contributed by atoms with Crippen molar-refractivity contribution in [2.45, 2.75) is 13.0 Å². The van der Waals surface area contributed by atoms with E-state index < -0.39 is 0 Å². The summed E-state index contributed by atoms with van der Waals surface area (Å²) in [5.41, 5.74) is 2.86. The lowest BCUT2D eigenvalue weighted by Crippen LogP contribution is -2.19. The maximum Gasteiger partial charge on any atom is 0.128 e. The quantitative estimate of drug-likeness (QED) is 0.896. The molecule has 94 valence electrons. The molecule has 3 heteroatoms. The molecule has 2 aromatic rings. The Bertz CT molecular complexity index is 534. The molecule has 0 bridgehead atoms. The third-order valence-corrected chi connectivity index (χ3v) is 3.36. The Hall–Kier alpha value is -1.19. The maximum atomic E-state index is 13.9. The van der Waals surface area contributed by atoms with Gasteiger partial charge in [-0.3, -0.25) is 0 Å². The molecule has 1 unspecified atom stereocenters. The van der Waals surface area contributed by atoms with Crippen molar-refractivity contribution in [3.05, 3.63) is 69.4 Å². The highest BCUT2D eigenvalue weighted by Crippen LogP contribution is 2.27. The zero-order valence-corrected chi connectivity index (χ0v) is 12.0. The smallest absolute Gasteiger partial charge is 0.128 e. The molecule has 0 heterocycles. The van der Waals surface area contributed by atoms with Gasteiger partial charge in [0.1, 0.15) is 5.82 Å². The Labute approximate surface area is 115 Å². The lowest BCUT2D eigenvalue weighted by Gasteiger charge is -2.18. The molecule has 1 nitrogen and oxygen atoms in total. The summed E-state index contributed by atoms with van der Waals surface area (Å²) in [5.74, 6) is -0.186. The van der Waals surface area contributed by atoms with Crippen LogP contribution >= 0.6 is 15.9 Å². The summed E-state index contributed by atoms with van der Waals surface area (Å²) in [6.45, 7) is 2.03. The molecule has 1 N–H and O–H groups in total. The predicted molar refractivity (Wildman–Crippen MR) is 76.2 cm³/mol. The fourth-order valence-corrected chi connectivity index (χ4v) is 2.77. The minimum atomic E-state index is -0.186. The molecular weight excluding hydrogens is 293 g/mol. The van der Waals surface area contributed by atoms with Gasteiger partial charge in [0.2, 0.25) is 0 Å². The van der Waals surface area contributed by atoms with Gasteiger partial charge in [-0.2, -0.15) is 0 Å². The van der Waals surface area contributed by atoms with Crippen LogP contribution < -0.4 is 5.32 Å². The molecule has 0 fully saturated rings. The number of rotatable bonds is 3. The topological polar surface area (TPSA) is 12.0 Å². The Morgan fingerprint density at radius 2 is 1.89 bits per heavy atom. The lowest BCUT2D eigenvalue weighted by atomic mass is 9.97. The molecule has 1 atom stereocenters. The highest BCUT2D eigenvalue weighted by atomic mass is 79.9. The molecule has 0 saturated carbocycles. The second-order valence-corrected chi connectivity index (χ2v) is 5.22. The predicted octanol–water partition coefficient (Wildman–Crippen LogP) is 4.21. The van der Waals surface area contributed by atoms with Gasteiger partial charge in [0.05, 0.1) is 6.04 Å². The van der Waals surface area contributed by atoms with Crippen molar-refractivity contribution >= 4 is 15.9 Å². The van der Waals surface area contributed by atoms with Gasteiger partial charge < -0.3 is 5.32 Å². The van der Waals surface area contributed by atoms with E-state index in [1.165, 1.54) is 6.07 Å². The highest BCUT2D eigenvalue weighted by Gasteiger charge is 2.16. The number of aryl methyl sites for hydroxylation is 1. The molecule has 0 spiro atoms. The van der Waals surface area contributed by atoms with Crippen LogP contribution in [-0.4, -0.2) is 7.05 Å². The summed E-state index contributed by atoms with van der Waals surface area (Å²) in [4.78, 5) is 0. The van der Waals surface area contributed by atoms with Crippen molar-refractivity contribution in [3.63, 3.8) is 0 Å². The van der Waals surface area contributed by atoms with Gasteiger partial charge in [-0.1, -0.05) is 40.2 Å². The van der Waals surface area contributed by atoms with Crippen molar-refractivity contribution in [2.75, 3.05) is 7.05 Å². The van der Waals surface area contributed by atoms with Gasteiger partial charge in [0.25, 0.3) is 0 Å². The van der Waals surface area contributed by atoms with E-state index in [0.717, 1.165) is 15.6 Å². The van der Waals surface area contributed by atoms with E-state index in [4.69, 9.17) is 0 Å². The minimum Gasteiger partial charge on any atom is -0.309 e. The number of halogens is 2. The van der Waals surface area contributed by atoms with E-state index in [2.05, 4.69) is 27.3 Å². The van der Waals surface area contributed by atoms with E-state index in [1.54, 1.807) is 6.07 Å². The fourth-order valence-electron chi connectivity index (χ4n) is 2.14. The van der Waals surface area contributed by atoms with E-state index in [9.17, 15) is 4.39 Å². The second kappa shape index (κ2) is 5.63. The lowest BCUT2D eigenvalue weighted by molar-refractivity contribution is 0.576. The van der Waals surface area contributed by atoms with Crippen LogP contribution in [0.15, 0.2) is 46.9 Å². The summed E-state index contributed by atoms with van der Waals surface area (Å²) in [7, 11) is 1.84. The van der Waals surface area contributed by atoms with Gasteiger partial charge in [-0.25, -0.2) is 4.39 Å². The van der Waals surface area contributed by atoms with Crippen LogP contribution in [0, 0.1) is 12.7 Å². The molecule has 2 aromatic carbocycles. The molecule has 0 aliphatic carbocycles. The highest BCUT2D eigenvalue weighted by molar-refractivity contribution is 9.10. The van der Waals surface area contributed by atoms with Gasteiger partial charge in [0.15, 0.2) is 0 Å². The fraction of sp³-hybridized carbons (Fsp3) is 0.200. The Morgan fingerprint density at radius 3 is 2.50 bits per heavy atom. The normalized spacial score (nSPS) is 12.4. The molecular formula is C15H15BrFN. The van der Waals surface area contributed by atoms with Crippen molar-refractivity contribution < 1.29 is 4.39 Å². The summed E-state index contributed by atoms with van der Waals surface area (Å²) >= 11 is 3.48. The Morgan fingerprint density at radius 1 is 1.17 bits per heavy atom. The van der Waals surface area contributed by atoms with E-state index in [0.29, 0.717) is 5.56 Å². The average molecular weight is 308 g/mol. The zero-order valence-electron chi connectivity index (χ0n) is 10.4. The SMILES string of the molecule is CNC(c1cc(C)cc(Br)c1)c1ccccc1F. The van der Waals surface area contributed by atoms with Crippen LogP contribution in [0.1, 0.15) is 22.7 Å². The summed E-state index contributed by atoms with van der Waals surface area (Å²) in [5, 5.41) is 3.17. The van der Waals surface area contributed by atoms with E-state index in [-0.39, 0.29) is 11.9 Å². The van der Waals surface area contributed by atoms with Crippen molar-refractivity contribution in [1.29, 1.82) is 0 Å². The molecule has 0 saturated heterocycles. The van der Waals surface area contributed by atoms with Gasteiger partial charge in [0, 0.05) is 10.0 Å². The summed E-state index contributed by atoms with van der Waals surface area (Å²) < 4.78 is 14.9. The molecule has 0 aliphatic rings. The molecule has 0 radical (unpaired) electrons. The van der Waals surface area contributed by atoms with Crippen LogP contribution in [0.4, 0.5) is 4.39 Å². The molecule has 0 aromatic heterocycles. The third-order valence-electron chi connectivity index (χ3n) is 2.90. The Balaban J connectivity index is 2.48. The van der Waals surface area contributed by atoms with Crippen molar-refractivity contribution in [2.24, 2.45) is 0 Å². The number of nitrogens with one attached hydrogen (secondary N) is 1. The van der Waals surface area contributed by atoms with Crippen LogP contribution in [-0.2, 0) is 0 Å². The first-order valence-electron chi connectivity index (χ1n) is 5.80. The average Bonchev–Trinajstić information content (AvgIpc) is 2.31. The first-order valence-corrected chi connectivity index (χ1v) is 6.60. The Kier molecular flexibility index (Phi) is 4.15. The third kappa shape index (κ3) is 2.79. The molecule has 0 amide bonds. The number of hydrogen-bond acceptors (Lipinski definition) is 1. The van der Waals surface area contributed by atoms with Crippen LogP contribution in [0.25, 0.3) is 0 Å². The van der Waals surface area contributed by atoms with Gasteiger partial charge >= 0.3 is 0 Å². The van der Waals surface area contributed by atoms with Crippen molar-refractivity contribution in [1.82, 2.24) is 5.32 Å². The number of hydrogen-bond donors (Lipinski definition) is 1. The van der Waals surface area contributed by atoms with E-state index in [1.807, 2.05) is 38.2 Å². The first-order chi connectivity index (χ1) is 8.61.